The van der Waals surface area contributed by atoms with Gasteiger partial charge < -0.3 is 20.1 Å². The second-order valence-corrected chi connectivity index (χ2v) is 9.03. The Hall–Kier alpha value is -2.34. The minimum absolute atomic E-state index is 0.0465. The van der Waals surface area contributed by atoms with E-state index in [-0.39, 0.29) is 28.9 Å². The number of esters is 1. The zero-order chi connectivity index (χ0) is 20.4. The zero-order valence-corrected chi connectivity index (χ0v) is 16.3. The van der Waals surface area contributed by atoms with Crippen LogP contribution in [0.5, 0.6) is 11.5 Å². The van der Waals surface area contributed by atoms with E-state index in [2.05, 4.69) is 6.92 Å². The summed E-state index contributed by atoms with van der Waals surface area (Å²) in [7, 11) is 0. The van der Waals surface area contributed by atoms with Gasteiger partial charge in [-0.2, -0.15) is 0 Å². The molecule has 150 valence electrons. The van der Waals surface area contributed by atoms with Crippen molar-refractivity contribution in [1.82, 2.24) is 0 Å². The van der Waals surface area contributed by atoms with Crippen LogP contribution in [-0.2, 0) is 9.53 Å². The van der Waals surface area contributed by atoms with E-state index in [1.807, 2.05) is 13.0 Å². The summed E-state index contributed by atoms with van der Waals surface area (Å²) >= 11 is 0. The van der Waals surface area contributed by atoms with Crippen LogP contribution in [0.2, 0.25) is 0 Å². The van der Waals surface area contributed by atoms with Crippen molar-refractivity contribution < 1.29 is 29.6 Å². The monoisotopic (exact) mass is 386 g/mol. The number of aldehydes is 1. The average molecular weight is 386 g/mol. The Bertz CT molecular complexity index is 866. The van der Waals surface area contributed by atoms with E-state index < -0.39 is 23.1 Å². The number of allylic oxidation sites excluding steroid dienone is 1. The number of fused-ring (bicyclic) bond motifs is 3. The van der Waals surface area contributed by atoms with Crippen LogP contribution < -0.4 is 0 Å². The van der Waals surface area contributed by atoms with Crippen molar-refractivity contribution in [2.24, 2.45) is 23.2 Å². The van der Waals surface area contributed by atoms with E-state index in [4.69, 9.17) is 4.74 Å². The zero-order valence-electron chi connectivity index (χ0n) is 16.3. The number of phenols is 2. The highest BCUT2D eigenvalue weighted by atomic mass is 16.6. The fourth-order valence-electron chi connectivity index (χ4n) is 5.94. The topological polar surface area (TPSA) is 104 Å². The minimum atomic E-state index is -1.52. The van der Waals surface area contributed by atoms with Gasteiger partial charge in [0.15, 0.2) is 0 Å². The van der Waals surface area contributed by atoms with Gasteiger partial charge in [-0.1, -0.05) is 19.9 Å². The third-order valence-corrected chi connectivity index (χ3v) is 7.33. The summed E-state index contributed by atoms with van der Waals surface area (Å²) in [6, 6.07) is 2.43. The summed E-state index contributed by atoms with van der Waals surface area (Å²) in [6.07, 6.45) is 4.13. The number of carbonyl (C=O) groups excluding carboxylic acids is 2. The number of hydrogen-bond donors (Lipinski definition) is 3. The van der Waals surface area contributed by atoms with Crippen molar-refractivity contribution in [1.29, 1.82) is 0 Å². The van der Waals surface area contributed by atoms with Crippen molar-refractivity contribution in [3.63, 3.8) is 0 Å². The highest BCUT2D eigenvalue weighted by Gasteiger charge is 2.72. The summed E-state index contributed by atoms with van der Waals surface area (Å²) in [4.78, 5) is 24.5. The summed E-state index contributed by atoms with van der Waals surface area (Å²) in [5.74, 6) is -0.271. The van der Waals surface area contributed by atoms with Crippen LogP contribution in [0.1, 0.15) is 49.0 Å². The molecule has 0 heterocycles. The van der Waals surface area contributed by atoms with Crippen molar-refractivity contribution >= 4 is 12.3 Å². The standard InChI is InChI=1S/C22H26O6/c1-11-4-13-7-14(10-23)22(27)18(9-21(22,3)16(13)5-11)28-20(26)19-12(2)6-15(24)8-17(19)25/h6-8,10-11,13,16,18,24-25,27H,4-5,9H2,1-3H3/t11-,13+,16-,18-,21-,22+/m1/s1. The first-order valence-corrected chi connectivity index (χ1v) is 9.75. The summed E-state index contributed by atoms with van der Waals surface area (Å²) < 4.78 is 5.59. The van der Waals surface area contributed by atoms with Crippen molar-refractivity contribution in [2.75, 3.05) is 0 Å². The lowest BCUT2D eigenvalue weighted by Gasteiger charge is -2.64. The highest BCUT2D eigenvalue weighted by Crippen LogP contribution is 2.66. The van der Waals surface area contributed by atoms with Crippen LogP contribution in [-0.4, -0.2) is 39.3 Å². The van der Waals surface area contributed by atoms with Crippen LogP contribution in [0, 0.1) is 30.1 Å². The van der Waals surface area contributed by atoms with Gasteiger partial charge in [0.05, 0.1) is 0 Å². The number of aryl methyl sites for hydroxylation is 1. The van der Waals surface area contributed by atoms with Crippen molar-refractivity contribution in [3.8, 4) is 11.5 Å². The molecule has 0 saturated heterocycles. The van der Waals surface area contributed by atoms with Gasteiger partial charge in [-0.3, -0.25) is 4.79 Å². The normalized spacial score (nSPS) is 38.6. The number of ether oxygens (including phenoxy) is 1. The van der Waals surface area contributed by atoms with Gasteiger partial charge in [-0.25, -0.2) is 4.79 Å². The first kappa shape index (κ1) is 19.0. The van der Waals surface area contributed by atoms with Gasteiger partial charge in [0, 0.05) is 17.1 Å². The molecule has 0 amide bonds. The Morgan fingerprint density at radius 3 is 2.64 bits per heavy atom. The van der Waals surface area contributed by atoms with E-state index in [9.17, 15) is 24.9 Å². The van der Waals surface area contributed by atoms with Crippen LogP contribution >= 0.6 is 0 Å². The lowest BCUT2D eigenvalue weighted by atomic mass is 9.44. The molecule has 2 fully saturated rings. The largest absolute Gasteiger partial charge is 0.508 e. The molecule has 3 aliphatic carbocycles. The Kier molecular flexibility index (Phi) is 4.12. The molecule has 0 aliphatic heterocycles. The fraction of sp³-hybridized carbons (Fsp3) is 0.545. The summed E-state index contributed by atoms with van der Waals surface area (Å²) in [5.41, 5.74) is -1.42. The maximum atomic E-state index is 12.7. The minimum Gasteiger partial charge on any atom is -0.508 e. The van der Waals surface area contributed by atoms with Gasteiger partial charge in [0.25, 0.3) is 0 Å². The Morgan fingerprint density at radius 2 is 2.00 bits per heavy atom. The molecule has 0 radical (unpaired) electrons. The third-order valence-electron chi connectivity index (χ3n) is 7.33. The number of aliphatic hydroxyl groups is 1. The highest BCUT2D eigenvalue weighted by molar-refractivity contribution is 5.94. The molecule has 3 N–H and O–H groups in total. The van der Waals surface area contributed by atoms with Crippen LogP contribution in [0.3, 0.4) is 0 Å². The van der Waals surface area contributed by atoms with Crippen LogP contribution in [0.25, 0.3) is 0 Å². The quantitative estimate of drug-likeness (QED) is 0.545. The molecule has 2 saturated carbocycles. The molecule has 6 nitrogen and oxygen atoms in total. The maximum Gasteiger partial charge on any atom is 0.342 e. The van der Waals surface area contributed by atoms with E-state index in [1.165, 1.54) is 6.07 Å². The predicted molar refractivity (Wildman–Crippen MR) is 101 cm³/mol. The predicted octanol–water partition coefficient (Wildman–Crippen LogP) is 2.87. The summed E-state index contributed by atoms with van der Waals surface area (Å²) in [5, 5.41) is 31.1. The number of aromatic hydroxyl groups is 2. The Balaban J connectivity index is 1.65. The van der Waals surface area contributed by atoms with Gasteiger partial charge >= 0.3 is 5.97 Å². The average Bonchev–Trinajstić information content (AvgIpc) is 2.97. The van der Waals surface area contributed by atoms with E-state index in [0.717, 1.165) is 18.9 Å². The molecule has 28 heavy (non-hydrogen) atoms. The van der Waals surface area contributed by atoms with E-state index in [0.29, 0.717) is 29.8 Å². The number of rotatable bonds is 3. The first-order valence-electron chi connectivity index (χ1n) is 9.75. The number of phenolic OH excluding ortho intramolecular Hbond substituents is 2. The fourth-order valence-corrected chi connectivity index (χ4v) is 5.94. The lowest BCUT2D eigenvalue weighted by Crippen LogP contribution is -2.72. The molecule has 4 rings (SSSR count). The van der Waals surface area contributed by atoms with Gasteiger partial charge in [-0.05, 0) is 55.6 Å². The molecule has 0 spiro atoms. The number of carbonyl (C=O) groups is 2. The van der Waals surface area contributed by atoms with E-state index in [1.54, 1.807) is 6.92 Å². The SMILES string of the molecule is Cc1cc(O)cc(O)c1C(=O)O[C@@H]1C[C@]2(C)[C@@H]3C[C@H](C)C[C@H]3C=C(C=O)[C@]12O. The van der Waals surface area contributed by atoms with Crippen LogP contribution in [0.4, 0.5) is 0 Å². The Labute approximate surface area is 163 Å². The lowest BCUT2D eigenvalue weighted by molar-refractivity contribution is -0.246. The molecule has 0 bridgehead atoms. The summed E-state index contributed by atoms with van der Waals surface area (Å²) in [6.45, 7) is 5.74. The molecule has 1 aromatic carbocycles. The van der Waals surface area contributed by atoms with Crippen molar-refractivity contribution in [2.45, 2.75) is 51.7 Å². The third kappa shape index (κ3) is 2.37. The number of hydrogen-bond acceptors (Lipinski definition) is 6. The number of benzene rings is 1. The first-order chi connectivity index (χ1) is 13.1. The molecular formula is C22H26O6. The molecular weight excluding hydrogens is 360 g/mol. The van der Waals surface area contributed by atoms with Gasteiger partial charge in [0.1, 0.15) is 35.1 Å². The van der Waals surface area contributed by atoms with Gasteiger partial charge in [0.2, 0.25) is 0 Å². The maximum absolute atomic E-state index is 12.7. The molecule has 6 atom stereocenters. The molecule has 3 aliphatic rings. The Morgan fingerprint density at radius 1 is 1.29 bits per heavy atom. The smallest absolute Gasteiger partial charge is 0.342 e. The van der Waals surface area contributed by atoms with Gasteiger partial charge in [-0.15, -0.1) is 0 Å². The molecule has 0 aromatic heterocycles. The molecule has 6 heteroatoms. The second-order valence-electron chi connectivity index (χ2n) is 9.03. The second kappa shape index (κ2) is 6.08. The van der Waals surface area contributed by atoms with Crippen molar-refractivity contribution in [3.05, 3.63) is 34.9 Å². The molecule has 1 aromatic rings. The molecule has 0 unspecified atom stereocenters. The van der Waals surface area contributed by atoms with Crippen LogP contribution in [0.15, 0.2) is 23.8 Å². The van der Waals surface area contributed by atoms with E-state index >= 15 is 0 Å².